The van der Waals surface area contributed by atoms with E-state index in [2.05, 4.69) is 34.5 Å². The molecule has 2 N–H and O–H groups in total. The number of amides is 1. The summed E-state index contributed by atoms with van der Waals surface area (Å²) in [4.78, 5) is 28.7. The van der Waals surface area contributed by atoms with E-state index in [-0.39, 0.29) is 18.1 Å². The number of anilines is 2. The van der Waals surface area contributed by atoms with Gasteiger partial charge in [0.2, 0.25) is 0 Å². The molecule has 0 saturated carbocycles. The fraction of sp³-hybridized carbons (Fsp3) is 0.286. The highest BCUT2D eigenvalue weighted by Gasteiger charge is 2.30. The highest BCUT2D eigenvalue weighted by atomic mass is 16.6. The van der Waals surface area contributed by atoms with Crippen LogP contribution in [0.25, 0.3) is 11.1 Å². The van der Waals surface area contributed by atoms with Crippen molar-refractivity contribution in [3.8, 4) is 11.1 Å². The maximum Gasteiger partial charge on any atom is 0.414 e. The van der Waals surface area contributed by atoms with Crippen LogP contribution in [0, 0.1) is 6.92 Å². The summed E-state index contributed by atoms with van der Waals surface area (Å²) in [6.07, 6.45) is -0.510. The molecule has 1 aliphatic carbocycles. The van der Waals surface area contributed by atoms with Crippen molar-refractivity contribution >= 4 is 23.4 Å². The number of carbonyl (C=O) groups is 2. The van der Waals surface area contributed by atoms with E-state index in [4.69, 9.17) is 4.74 Å². The number of carbonyl (C=O) groups excluding carboxylic acids is 1. The smallest absolute Gasteiger partial charge is 0.414 e. The number of hydrogen-bond donors (Lipinski definition) is 2. The molecule has 1 aliphatic heterocycles. The van der Waals surface area contributed by atoms with E-state index in [0.717, 1.165) is 43.0 Å². The molecule has 180 valence electrons. The molecule has 2 aliphatic rings. The molecule has 35 heavy (non-hydrogen) atoms. The maximum atomic E-state index is 13.2. The Morgan fingerprint density at radius 2 is 1.63 bits per heavy atom. The predicted octanol–water partition coefficient (Wildman–Crippen LogP) is 4.49. The number of carboxylic acids is 1. The second-order valence-electron chi connectivity index (χ2n) is 9.04. The number of nitrogens with one attached hydrogen (secondary N) is 1. The van der Waals surface area contributed by atoms with Crippen LogP contribution in [-0.2, 0) is 4.74 Å². The minimum atomic E-state index is -1.01. The number of carboxylic acid groups (broad SMARTS) is 1. The number of rotatable bonds is 5. The number of nitrogens with zero attached hydrogens (tertiary/aromatic N) is 2. The Hall–Kier alpha value is -3.84. The summed E-state index contributed by atoms with van der Waals surface area (Å²) in [5.74, 6) is -1.05. The molecule has 0 spiro atoms. The first-order valence-corrected chi connectivity index (χ1v) is 11.9. The number of piperazine rings is 1. The van der Waals surface area contributed by atoms with Gasteiger partial charge in [0.15, 0.2) is 0 Å². The van der Waals surface area contributed by atoms with Gasteiger partial charge in [0.25, 0.3) is 0 Å². The lowest BCUT2D eigenvalue weighted by molar-refractivity contribution is 0.0696. The third-order valence-corrected chi connectivity index (χ3v) is 7.05. The summed E-state index contributed by atoms with van der Waals surface area (Å²) in [6.45, 7) is 5.14. The van der Waals surface area contributed by atoms with E-state index in [1.54, 1.807) is 20.0 Å². The van der Waals surface area contributed by atoms with Crippen LogP contribution < -0.4 is 15.1 Å². The van der Waals surface area contributed by atoms with Gasteiger partial charge in [-0.2, -0.15) is 0 Å². The van der Waals surface area contributed by atoms with Crippen LogP contribution in [0.2, 0.25) is 0 Å². The largest absolute Gasteiger partial charge is 0.478 e. The molecule has 0 radical (unpaired) electrons. The summed E-state index contributed by atoms with van der Waals surface area (Å²) in [7, 11) is 1.63. The van der Waals surface area contributed by atoms with E-state index in [0.29, 0.717) is 11.3 Å². The van der Waals surface area contributed by atoms with Crippen LogP contribution in [0.4, 0.5) is 16.2 Å². The predicted molar refractivity (Wildman–Crippen MR) is 137 cm³/mol. The quantitative estimate of drug-likeness (QED) is 0.571. The van der Waals surface area contributed by atoms with Crippen LogP contribution in [0.15, 0.2) is 60.7 Å². The Labute approximate surface area is 204 Å². The fourth-order valence-electron chi connectivity index (χ4n) is 5.15. The van der Waals surface area contributed by atoms with E-state index in [9.17, 15) is 14.7 Å². The number of aromatic carboxylic acids is 1. The van der Waals surface area contributed by atoms with Crippen molar-refractivity contribution in [2.75, 3.05) is 49.6 Å². The average molecular weight is 472 g/mol. The van der Waals surface area contributed by atoms with E-state index in [1.807, 2.05) is 30.3 Å². The minimum Gasteiger partial charge on any atom is -0.478 e. The van der Waals surface area contributed by atoms with Gasteiger partial charge in [-0.25, -0.2) is 9.59 Å². The Kier molecular flexibility index (Phi) is 6.17. The summed E-state index contributed by atoms with van der Waals surface area (Å²) >= 11 is 0. The van der Waals surface area contributed by atoms with Gasteiger partial charge in [0, 0.05) is 44.8 Å². The van der Waals surface area contributed by atoms with Crippen LogP contribution in [-0.4, -0.2) is 57.0 Å². The lowest BCUT2D eigenvalue weighted by atomic mass is 9.98. The van der Waals surface area contributed by atoms with Crippen molar-refractivity contribution < 1.29 is 19.4 Å². The zero-order chi connectivity index (χ0) is 24.5. The molecule has 1 heterocycles. The average Bonchev–Trinajstić information content (AvgIpc) is 3.21. The van der Waals surface area contributed by atoms with E-state index in [1.165, 1.54) is 16.0 Å². The van der Waals surface area contributed by atoms with Crippen LogP contribution >= 0.6 is 0 Å². The van der Waals surface area contributed by atoms with Gasteiger partial charge in [0.05, 0.1) is 11.3 Å². The van der Waals surface area contributed by atoms with Gasteiger partial charge >= 0.3 is 12.1 Å². The van der Waals surface area contributed by atoms with Crippen LogP contribution in [0.5, 0.6) is 0 Å². The molecule has 3 aromatic rings. The molecule has 7 heteroatoms. The van der Waals surface area contributed by atoms with Gasteiger partial charge in [-0.05, 0) is 46.9 Å². The van der Waals surface area contributed by atoms with Crippen LogP contribution in [0.3, 0.4) is 0 Å². The molecule has 1 amide bonds. The zero-order valence-corrected chi connectivity index (χ0v) is 20.0. The second kappa shape index (κ2) is 9.43. The summed E-state index contributed by atoms with van der Waals surface area (Å²) < 4.78 is 5.81. The van der Waals surface area contributed by atoms with Gasteiger partial charge < -0.3 is 20.1 Å². The Morgan fingerprint density at radius 3 is 2.23 bits per heavy atom. The Morgan fingerprint density at radius 1 is 1.03 bits per heavy atom. The standard InChI is InChI=1S/C28H29N3O4/c1-18-24(27(32)33)15-19(31-13-11-29-12-14-31)16-26(18)30(2)28(34)35-17-25-22-9-5-3-7-20(22)21-8-4-6-10-23(21)25/h3-10,15-16,25,29H,11-14,17H2,1-2H3,(H,32,33). The maximum absolute atomic E-state index is 13.2. The normalized spacial score (nSPS) is 14.9. The molecule has 0 aromatic heterocycles. The molecule has 0 bridgehead atoms. The fourth-order valence-corrected chi connectivity index (χ4v) is 5.15. The SMILES string of the molecule is Cc1c(C(=O)O)cc(N2CCNCC2)cc1N(C)C(=O)OCC1c2ccccc2-c2ccccc21. The third kappa shape index (κ3) is 4.23. The van der Waals surface area contributed by atoms with Gasteiger partial charge in [-0.1, -0.05) is 48.5 Å². The summed E-state index contributed by atoms with van der Waals surface area (Å²) in [6, 6.07) is 20.0. The molecule has 1 saturated heterocycles. The molecular formula is C28H29N3O4. The van der Waals surface area contributed by atoms with Crippen molar-refractivity contribution in [3.05, 3.63) is 82.9 Å². The summed E-state index contributed by atoms with van der Waals surface area (Å²) in [5.41, 5.74) is 6.69. The minimum absolute atomic E-state index is 0.0392. The molecule has 1 fully saturated rings. The first-order chi connectivity index (χ1) is 17.0. The first-order valence-electron chi connectivity index (χ1n) is 11.9. The van der Waals surface area contributed by atoms with E-state index >= 15 is 0 Å². The molecular weight excluding hydrogens is 442 g/mol. The third-order valence-electron chi connectivity index (χ3n) is 7.05. The lowest BCUT2D eigenvalue weighted by Gasteiger charge is -2.31. The van der Waals surface area contributed by atoms with Crippen LogP contribution in [0.1, 0.15) is 33.0 Å². The van der Waals surface area contributed by atoms with Crippen molar-refractivity contribution in [2.24, 2.45) is 0 Å². The number of hydrogen-bond acceptors (Lipinski definition) is 5. The highest BCUT2D eigenvalue weighted by molar-refractivity contribution is 5.96. The Balaban J connectivity index is 1.39. The van der Waals surface area contributed by atoms with Crippen molar-refractivity contribution in [3.63, 3.8) is 0 Å². The zero-order valence-electron chi connectivity index (χ0n) is 20.0. The van der Waals surface area contributed by atoms with Crippen molar-refractivity contribution in [1.29, 1.82) is 0 Å². The monoisotopic (exact) mass is 471 g/mol. The van der Waals surface area contributed by atoms with Gasteiger partial charge in [0.1, 0.15) is 6.61 Å². The van der Waals surface area contributed by atoms with Crippen molar-refractivity contribution in [1.82, 2.24) is 5.32 Å². The summed E-state index contributed by atoms with van der Waals surface area (Å²) in [5, 5.41) is 13.1. The number of ether oxygens (including phenoxy) is 1. The molecule has 0 atom stereocenters. The molecule has 3 aromatic carbocycles. The second-order valence-corrected chi connectivity index (χ2v) is 9.04. The number of benzene rings is 3. The van der Waals surface area contributed by atoms with Gasteiger partial charge in [-0.3, -0.25) is 4.90 Å². The first kappa shape index (κ1) is 22.9. The molecule has 7 nitrogen and oxygen atoms in total. The molecule has 0 unspecified atom stereocenters. The Bertz CT molecular complexity index is 1240. The van der Waals surface area contributed by atoms with E-state index < -0.39 is 12.1 Å². The van der Waals surface area contributed by atoms with Crippen molar-refractivity contribution in [2.45, 2.75) is 12.8 Å². The topological polar surface area (TPSA) is 82.1 Å². The highest BCUT2D eigenvalue weighted by Crippen LogP contribution is 2.44. The molecule has 5 rings (SSSR count). The lowest BCUT2D eigenvalue weighted by Crippen LogP contribution is -2.43. The number of fused-ring (bicyclic) bond motifs is 3. The van der Waals surface area contributed by atoms with Gasteiger partial charge in [-0.15, -0.1) is 0 Å².